The van der Waals surface area contributed by atoms with E-state index in [9.17, 15) is 9.18 Å². The van der Waals surface area contributed by atoms with E-state index in [-0.39, 0.29) is 36.6 Å². The molecule has 1 unspecified atom stereocenters. The highest BCUT2D eigenvalue weighted by Crippen LogP contribution is 2.25. The second-order valence-electron chi connectivity index (χ2n) is 6.28. The summed E-state index contributed by atoms with van der Waals surface area (Å²) in [6.45, 7) is 2.05. The molecule has 0 aliphatic carbocycles. The first kappa shape index (κ1) is 18.4. The Labute approximate surface area is 156 Å². The Morgan fingerprint density at radius 1 is 1.46 bits per heavy atom. The second-order valence-corrected chi connectivity index (χ2v) is 6.28. The minimum absolute atomic E-state index is 0. The van der Waals surface area contributed by atoms with Gasteiger partial charge in [0, 0.05) is 56.1 Å². The fraction of sp³-hybridized carbons (Fsp3) is 0.333. The summed E-state index contributed by atoms with van der Waals surface area (Å²) in [4.78, 5) is 19.2. The molecule has 6 nitrogen and oxygen atoms in total. The number of rotatable bonds is 3. The number of halogens is 2. The number of carbonyl (C=O) groups excluding carboxylic acids is 1. The van der Waals surface area contributed by atoms with Crippen LogP contribution in [0.4, 0.5) is 4.39 Å². The van der Waals surface area contributed by atoms with Crippen LogP contribution in [-0.2, 0) is 18.3 Å². The molecule has 1 amide bonds. The molecule has 1 N–H and O–H groups in total. The van der Waals surface area contributed by atoms with Crippen LogP contribution in [0.1, 0.15) is 17.4 Å². The number of nitrogens with zero attached hydrogens (tertiary/aromatic N) is 3. The Kier molecular flexibility index (Phi) is 5.29. The summed E-state index contributed by atoms with van der Waals surface area (Å²) >= 11 is 0. The zero-order valence-corrected chi connectivity index (χ0v) is 15.1. The molecule has 1 atom stereocenters. The third-order valence-corrected chi connectivity index (χ3v) is 4.68. The van der Waals surface area contributed by atoms with Crippen molar-refractivity contribution in [2.24, 2.45) is 7.05 Å². The largest absolute Gasteiger partial charge is 0.464 e. The first-order chi connectivity index (χ1) is 12.1. The third kappa shape index (κ3) is 3.32. The smallest absolute Gasteiger partial charge is 0.227 e. The SMILES string of the molecule is Cl.Cn1ccnc1C1CNCCN1C(=O)Cc1coc2cc(F)ccc12. The zero-order valence-electron chi connectivity index (χ0n) is 14.3. The molecule has 0 bridgehead atoms. The number of aryl methyl sites for hydroxylation is 1. The summed E-state index contributed by atoms with van der Waals surface area (Å²) in [5.41, 5.74) is 1.24. The van der Waals surface area contributed by atoms with E-state index in [1.807, 2.05) is 22.7 Å². The number of piperazine rings is 1. The minimum atomic E-state index is -0.350. The Hall–Kier alpha value is -2.38. The number of hydrogen-bond acceptors (Lipinski definition) is 4. The van der Waals surface area contributed by atoms with Crippen LogP contribution >= 0.6 is 12.4 Å². The van der Waals surface area contributed by atoms with Gasteiger partial charge >= 0.3 is 0 Å². The van der Waals surface area contributed by atoms with Crippen molar-refractivity contribution >= 4 is 29.3 Å². The van der Waals surface area contributed by atoms with Crippen molar-refractivity contribution in [2.45, 2.75) is 12.5 Å². The van der Waals surface area contributed by atoms with Gasteiger partial charge in [-0.1, -0.05) is 0 Å². The highest BCUT2D eigenvalue weighted by molar-refractivity contribution is 5.88. The summed E-state index contributed by atoms with van der Waals surface area (Å²) in [5.74, 6) is 0.526. The Bertz CT molecular complexity index is 923. The molecule has 1 aliphatic heterocycles. The van der Waals surface area contributed by atoms with Crippen LogP contribution in [-0.4, -0.2) is 40.0 Å². The Morgan fingerprint density at radius 3 is 3.08 bits per heavy atom. The standard InChI is InChI=1S/C18H19FN4O2.ClH/c1-22-6-5-21-18(22)15-10-20-4-7-23(15)17(24)8-12-11-25-16-9-13(19)2-3-14(12)16;/h2-3,5-6,9,11,15,20H,4,7-8,10H2,1H3;1H. The van der Waals surface area contributed by atoms with Gasteiger partial charge in [0.15, 0.2) is 0 Å². The van der Waals surface area contributed by atoms with Crippen LogP contribution in [0.25, 0.3) is 11.0 Å². The molecule has 138 valence electrons. The zero-order chi connectivity index (χ0) is 17.4. The molecular weight excluding hydrogens is 359 g/mol. The van der Waals surface area contributed by atoms with Gasteiger partial charge in [0.25, 0.3) is 0 Å². The minimum Gasteiger partial charge on any atom is -0.464 e. The van der Waals surface area contributed by atoms with Crippen molar-refractivity contribution in [3.8, 4) is 0 Å². The molecule has 1 aliphatic rings. The summed E-state index contributed by atoms with van der Waals surface area (Å²) in [7, 11) is 1.93. The number of imidazole rings is 1. The van der Waals surface area contributed by atoms with Crippen LogP contribution in [0, 0.1) is 5.82 Å². The van der Waals surface area contributed by atoms with Gasteiger partial charge in [-0.05, 0) is 12.1 Å². The van der Waals surface area contributed by atoms with Crippen LogP contribution in [0.15, 0.2) is 41.3 Å². The van der Waals surface area contributed by atoms with Crippen LogP contribution in [0.5, 0.6) is 0 Å². The molecule has 3 aromatic rings. The normalized spacial score (nSPS) is 17.3. The number of nitrogens with one attached hydrogen (secondary N) is 1. The maximum absolute atomic E-state index is 13.3. The number of aromatic nitrogens is 2. The van der Waals surface area contributed by atoms with E-state index in [2.05, 4.69) is 10.3 Å². The number of hydrogen-bond donors (Lipinski definition) is 1. The van der Waals surface area contributed by atoms with Gasteiger partial charge in [0.05, 0.1) is 12.7 Å². The molecule has 1 saturated heterocycles. The molecule has 0 spiro atoms. The molecule has 8 heteroatoms. The topological polar surface area (TPSA) is 63.3 Å². The summed E-state index contributed by atoms with van der Waals surface area (Å²) < 4.78 is 20.6. The van der Waals surface area contributed by atoms with E-state index >= 15 is 0 Å². The van der Waals surface area contributed by atoms with Gasteiger partial charge in [-0.3, -0.25) is 4.79 Å². The fourth-order valence-corrected chi connectivity index (χ4v) is 3.39. The van der Waals surface area contributed by atoms with Gasteiger partial charge in [-0.25, -0.2) is 9.37 Å². The molecule has 0 saturated carbocycles. The predicted molar refractivity (Wildman–Crippen MR) is 97.7 cm³/mol. The number of carbonyl (C=O) groups is 1. The summed E-state index contributed by atoms with van der Waals surface area (Å²) in [6, 6.07) is 4.28. The van der Waals surface area contributed by atoms with Crippen molar-refractivity contribution in [1.82, 2.24) is 19.8 Å². The van der Waals surface area contributed by atoms with Gasteiger partial charge < -0.3 is 19.2 Å². The lowest BCUT2D eigenvalue weighted by Gasteiger charge is -2.35. The lowest BCUT2D eigenvalue weighted by atomic mass is 10.1. The molecule has 3 heterocycles. The first-order valence-electron chi connectivity index (χ1n) is 8.26. The lowest BCUT2D eigenvalue weighted by Crippen LogP contribution is -2.49. The van der Waals surface area contributed by atoms with Gasteiger partial charge in [-0.15, -0.1) is 12.4 Å². The van der Waals surface area contributed by atoms with E-state index in [0.717, 1.165) is 23.3 Å². The predicted octanol–water partition coefficient (Wildman–Crippen LogP) is 2.44. The van der Waals surface area contributed by atoms with Gasteiger partial charge in [0.2, 0.25) is 5.91 Å². The first-order valence-corrected chi connectivity index (χ1v) is 8.26. The van der Waals surface area contributed by atoms with Crippen molar-refractivity contribution in [3.05, 3.63) is 54.1 Å². The fourth-order valence-electron chi connectivity index (χ4n) is 3.39. The van der Waals surface area contributed by atoms with Crippen molar-refractivity contribution in [3.63, 3.8) is 0 Å². The Balaban J connectivity index is 0.00000196. The van der Waals surface area contributed by atoms with Crippen LogP contribution in [0.3, 0.4) is 0 Å². The van der Waals surface area contributed by atoms with Gasteiger partial charge in [0.1, 0.15) is 23.3 Å². The lowest BCUT2D eigenvalue weighted by molar-refractivity contribution is -0.134. The monoisotopic (exact) mass is 378 g/mol. The van der Waals surface area contributed by atoms with Crippen LogP contribution < -0.4 is 5.32 Å². The number of fused-ring (bicyclic) bond motifs is 1. The molecule has 2 aromatic heterocycles. The van der Waals surface area contributed by atoms with E-state index in [0.29, 0.717) is 18.7 Å². The Morgan fingerprint density at radius 2 is 2.31 bits per heavy atom. The molecule has 1 fully saturated rings. The van der Waals surface area contributed by atoms with E-state index in [1.165, 1.54) is 12.1 Å². The third-order valence-electron chi connectivity index (χ3n) is 4.68. The summed E-state index contributed by atoms with van der Waals surface area (Å²) in [6.07, 6.45) is 5.38. The van der Waals surface area contributed by atoms with E-state index in [4.69, 9.17) is 4.42 Å². The molecule has 0 radical (unpaired) electrons. The highest BCUT2D eigenvalue weighted by Gasteiger charge is 2.30. The van der Waals surface area contributed by atoms with Crippen molar-refractivity contribution < 1.29 is 13.6 Å². The average Bonchev–Trinajstić information content (AvgIpc) is 3.21. The maximum Gasteiger partial charge on any atom is 0.227 e. The quantitative estimate of drug-likeness (QED) is 0.760. The van der Waals surface area contributed by atoms with Crippen molar-refractivity contribution in [1.29, 1.82) is 0 Å². The van der Waals surface area contributed by atoms with Crippen molar-refractivity contribution in [2.75, 3.05) is 19.6 Å². The van der Waals surface area contributed by atoms with Crippen LogP contribution in [0.2, 0.25) is 0 Å². The molecule has 26 heavy (non-hydrogen) atoms. The molecule has 1 aromatic carbocycles. The highest BCUT2D eigenvalue weighted by atomic mass is 35.5. The molecular formula is C18H20ClFN4O2. The average molecular weight is 379 g/mol. The number of furan rings is 1. The number of amides is 1. The second kappa shape index (κ2) is 7.47. The number of benzene rings is 1. The van der Waals surface area contributed by atoms with E-state index < -0.39 is 0 Å². The maximum atomic E-state index is 13.3. The molecule has 4 rings (SSSR count). The summed E-state index contributed by atoms with van der Waals surface area (Å²) in [5, 5.41) is 4.10. The van der Waals surface area contributed by atoms with E-state index in [1.54, 1.807) is 18.5 Å². The van der Waals surface area contributed by atoms with Gasteiger partial charge in [-0.2, -0.15) is 0 Å².